The van der Waals surface area contributed by atoms with Crippen molar-refractivity contribution in [2.45, 2.75) is 19.9 Å². The molecule has 2 aromatic carbocycles. The number of rotatable bonds is 3. The van der Waals surface area contributed by atoms with E-state index in [2.05, 4.69) is 0 Å². The number of phenols is 1. The lowest BCUT2D eigenvalue weighted by Crippen LogP contribution is -2.35. The minimum atomic E-state index is -0.343. The highest BCUT2D eigenvalue weighted by Crippen LogP contribution is 2.46. The van der Waals surface area contributed by atoms with Crippen LogP contribution in [0.1, 0.15) is 28.4 Å². The molecule has 3 heterocycles. The van der Waals surface area contributed by atoms with Crippen molar-refractivity contribution in [1.82, 2.24) is 14.7 Å². The van der Waals surface area contributed by atoms with Crippen LogP contribution in [0.15, 0.2) is 69.8 Å². The van der Waals surface area contributed by atoms with Gasteiger partial charge in [-0.05, 0) is 49.8 Å². The third-order valence-electron chi connectivity index (χ3n) is 5.63. The zero-order valence-electron chi connectivity index (χ0n) is 17.7. The van der Waals surface area contributed by atoms with Crippen molar-refractivity contribution >= 4 is 34.9 Å². The number of benzene rings is 2. The zero-order valence-corrected chi connectivity index (χ0v) is 19.2. The number of methoxy groups -OCH3 is 1. The Morgan fingerprint density at radius 1 is 1.06 bits per heavy atom. The lowest BCUT2D eigenvalue weighted by Gasteiger charge is -2.37. The number of amidine groups is 1. The molecule has 0 spiro atoms. The quantitative estimate of drug-likeness (QED) is 0.525. The van der Waals surface area contributed by atoms with Crippen LogP contribution in [0.2, 0.25) is 0 Å². The number of halogens is 2. The number of allylic oxidation sites excluding steroid dienone is 2. The normalized spacial score (nSPS) is 17.2. The van der Waals surface area contributed by atoms with E-state index in [0.717, 1.165) is 28.1 Å². The number of hydrogen-bond donors (Lipinski definition) is 1. The van der Waals surface area contributed by atoms with E-state index in [9.17, 15) is 5.11 Å². The molecule has 3 aromatic rings. The number of fused-ring (bicyclic) bond motifs is 2. The molecule has 2 aliphatic rings. The highest BCUT2D eigenvalue weighted by Gasteiger charge is 2.38. The summed E-state index contributed by atoms with van der Waals surface area (Å²) in [6, 6.07) is 13.1. The Labute approximate surface area is 195 Å². The van der Waals surface area contributed by atoms with Crippen molar-refractivity contribution in [3.63, 3.8) is 0 Å². The second kappa shape index (κ2) is 7.73. The molecular formula is C24H20Cl2N4O2. The molecule has 6 nitrogen and oxygen atoms in total. The fraction of sp³-hybridized carbons (Fsp3) is 0.167. The largest absolute Gasteiger partial charge is 0.504 e. The number of aliphatic imine (C=N–C) groups is 1. The van der Waals surface area contributed by atoms with E-state index >= 15 is 0 Å². The third-order valence-corrected chi connectivity index (χ3v) is 6.11. The van der Waals surface area contributed by atoms with Crippen LogP contribution in [0, 0.1) is 13.8 Å². The molecule has 0 fully saturated rings. The monoisotopic (exact) mass is 466 g/mol. The summed E-state index contributed by atoms with van der Waals surface area (Å²) in [7, 11) is 1.52. The number of ether oxygens (including phenoxy) is 1. The van der Waals surface area contributed by atoms with E-state index in [-0.39, 0.29) is 11.8 Å². The predicted octanol–water partition coefficient (Wildman–Crippen LogP) is 5.85. The molecule has 162 valence electrons. The molecule has 8 heteroatoms. The van der Waals surface area contributed by atoms with Gasteiger partial charge >= 0.3 is 0 Å². The highest BCUT2D eigenvalue weighted by molar-refractivity contribution is 6.45. The Bertz CT molecular complexity index is 1320. The number of aromatic hydroxyl groups is 1. The summed E-state index contributed by atoms with van der Waals surface area (Å²) >= 11 is 12.9. The van der Waals surface area contributed by atoms with E-state index < -0.39 is 0 Å². The van der Waals surface area contributed by atoms with Gasteiger partial charge in [-0.25, -0.2) is 9.67 Å². The number of aryl methyl sites for hydroxylation is 2. The molecule has 0 saturated carbocycles. The van der Waals surface area contributed by atoms with Crippen molar-refractivity contribution in [2.24, 2.45) is 4.99 Å². The summed E-state index contributed by atoms with van der Waals surface area (Å²) in [6.07, 6.45) is 3.47. The molecule has 1 atom stereocenters. The van der Waals surface area contributed by atoms with Crippen molar-refractivity contribution in [3.05, 3.63) is 87.2 Å². The van der Waals surface area contributed by atoms with Crippen LogP contribution in [-0.4, -0.2) is 32.7 Å². The molecule has 0 saturated heterocycles. The van der Waals surface area contributed by atoms with Crippen LogP contribution in [0.4, 0.5) is 5.82 Å². The minimum Gasteiger partial charge on any atom is -0.504 e. The van der Waals surface area contributed by atoms with Gasteiger partial charge in [0.2, 0.25) is 0 Å². The van der Waals surface area contributed by atoms with Gasteiger partial charge in [-0.15, -0.1) is 0 Å². The fourth-order valence-corrected chi connectivity index (χ4v) is 4.64. The lowest BCUT2D eigenvalue weighted by atomic mass is 9.94. The van der Waals surface area contributed by atoms with Gasteiger partial charge in [0.05, 0.1) is 34.6 Å². The van der Waals surface area contributed by atoms with Gasteiger partial charge in [0.15, 0.2) is 23.2 Å². The van der Waals surface area contributed by atoms with Gasteiger partial charge in [0.1, 0.15) is 0 Å². The number of nitrogens with zero attached hydrogens (tertiary/aromatic N) is 4. The Kier molecular flexibility index (Phi) is 4.99. The van der Waals surface area contributed by atoms with Crippen molar-refractivity contribution in [2.75, 3.05) is 7.11 Å². The van der Waals surface area contributed by atoms with Gasteiger partial charge in [-0.2, -0.15) is 5.10 Å². The second-order valence-electron chi connectivity index (χ2n) is 7.75. The molecular weight excluding hydrogens is 447 g/mol. The SMILES string of the molecule is COc1ccc([C@H]2c3c(C)nn(-c4ccc(C)cc4)c3N=C3C(Cl)=CC(Cl)=CN32)cc1O. The maximum Gasteiger partial charge on any atom is 0.164 e. The van der Waals surface area contributed by atoms with Crippen LogP contribution < -0.4 is 4.74 Å². The summed E-state index contributed by atoms with van der Waals surface area (Å²) in [4.78, 5) is 6.81. The van der Waals surface area contributed by atoms with Gasteiger partial charge in [0, 0.05) is 11.8 Å². The topological polar surface area (TPSA) is 62.9 Å². The molecule has 0 amide bonds. The van der Waals surface area contributed by atoms with Crippen LogP contribution in [0.5, 0.6) is 11.5 Å². The Balaban J connectivity index is 1.76. The van der Waals surface area contributed by atoms with E-state index in [4.69, 9.17) is 38.0 Å². The maximum atomic E-state index is 10.5. The molecule has 5 rings (SSSR count). The van der Waals surface area contributed by atoms with Crippen molar-refractivity contribution < 1.29 is 9.84 Å². The molecule has 2 aliphatic heterocycles. The predicted molar refractivity (Wildman–Crippen MR) is 126 cm³/mol. The summed E-state index contributed by atoms with van der Waals surface area (Å²) in [5, 5.41) is 16.2. The molecule has 1 N–H and O–H groups in total. The Morgan fingerprint density at radius 3 is 2.50 bits per heavy atom. The van der Waals surface area contributed by atoms with Gasteiger partial charge in [-0.3, -0.25) is 0 Å². The van der Waals surface area contributed by atoms with Gasteiger partial charge in [0.25, 0.3) is 0 Å². The first-order chi connectivity index (χ1) is 15.4. The smallest absolute Gasteiger partial charge is 0.164 e. The Hall–Kier alpha value is -3.22. The molecule has 0 unspecified atom stereocenters. The first kappa shape index (κ1) is 20.7. The van der Waals surface area contributed by atoms with Gasteiger partial charge in [-0.1, -0.05) is 47.0 Å². The average Bonchev–Trinajstić information content (AvgIpc) is 3.09. The average molecular weight is 467 g/mol. The molecule has 0 radical (unpaired) electrons. The fourth-order valence-electron chi connectivity index (χ4n) is 4.11. The van der Waals surface area contributed by atoms with Crippen LogP contribution in [0.25, 0.3) is 5.69 Å². The summed E-state index contributed by atoms with van der Waals surface area (Å²) in [5.41, 5.74) is 4.62. The van der Waals surface area contributed by atoms with E-state index in [1.165, 1.54) is 7.11 Å². The summed E-state index contributed by atoms with van der Waals surface area (Å²) in [5.74, 6) is 1.71. The molecule has 0 aliphatic carbocycles. The van der Waals surface area contributed by atoms with E-state index in [0.29, 0.717) is 27.5 Å². The molecule has 0 bridgehead atoms. The van der Waals surface area contributed by atoms with Gasteiger partial charge < -0.3 is 14.7 Å². The highest BCUT2D eigenvalue weighted by atomic mass is 35.5. The van der Waals surface area contributed by atoms with Crippen LogP contribution in [0.3, 0.4) is 0 Å². The third kappa shape index (κ3) is 3.27. The second-order valence-corrected chi connectivity index (χ2v) is 8.60. The Morgan fingerprint density at radius 2 is 1.81 bits per heavy atom. The van der Waals surface area contributed by atoms with Crippen LogP contribution in [-0.2, 0) is 0 Å². The zero-order chi connectivity index (χ0) is 22.6. The number of hydrogen-bond acceptors (Lipinski definition) is 5. The molecule has 1 aromatic heterocycles. The first-order valence-electron chi connectivity index (χ1n) is 10.0. The lowest BCUT2D eigenvalue weighted by molar-refractivity contribution is 0.371. The van der Waals surface area contributed by atoms with Crippen LogP contribution >= 0.6 is 23.2 Å². The number of aromatic nitrogens is 2. The van der Waals surface area contributed by atoms with Crippen molar-refractivity contribution in [3.8, 4) is 17.2 Å². The van der Waals surface area contributed by atoms with Crippen molar-refractivity contribution in [1.29, 1.82) is 0 Å². The summed E-state index contributed by atoms with van der Waals surface area (Å²) < 4.78 is 7.05. The minimum absolute atomic E-state index is 0.0490. The molecule has 32 heavy (non-hydrogen) atoms. The number of phenolic OH excluding ortho intramolecular Hbond substituents is 1. The maximum absolute atomic E-state index is 10.5. The standard InChI is InChI=1S/C24H20Cl2N4O2/c1-13-4-7-17(8-5-13)30-24-21(14(2)28-30)22(15-6-9-20(32-3)19(31)10-15)29-12-16(25)11-18(26)23(29)27-24/h4-12,22,31H,1-3H3/t22-/m0/s1. The summed E-state index contributed by atoms with van der Waals surface area (Å²) in [6.45, 7) is 3.99. The van der Waals surface area contributed by atoms with E-state index in [1.54, 1.807) is 24.4 Å². The van der Waals surface area contributed by atoms with E-state index in [1.807, 2.05) is 53.8 Å². The first-order valence-corrected chi connectivity index (χ1v) is 10.8.